The minimum absolute atomic E-state index is 0.0556. The lowest BCUT2D eigenvalue weighted by Gasteiger charge is -2.50. The summed E-state index contributed by atoms with van der Waals surface area (Å²) >= 11 is 0. The first kappa shape index (κ1) is 11.0. The van der Waals surface area contributed by atoms with Crippen molar-refractivity contribution in [2.75, 3.05) is 13.2 Å². The number of hydrogen-bond donors (Lipinski definition) is 0. The van der Waals surface area contributed by atoms with Crippen LogP contribution in [0.15, 0.2) is 0 Å². The van der Waals surface area contributed by atoms with E-state index in [1.165, 1.54) is 0 Å². The van der Waals surface area contributed by atoms with Gasteiger partial charge in [0.05, 0.1) is 24.4 Å². The summed E-state index contributed by atoms with van der Waals surface area (Å²) in [6.45, 7) is 10.2. The Morgan fingerprint density at radius 2 is 1.46 bits per heavy atom. The van der Waals surface area contributed by atoms with Crippen molar-refractivity contribution in [2.24, 2.45) is 0 Å². The molecule has 0 bridgehead atoms. The molecule has 78 valence electrons. The Balaban J connectivity index is 2.87. The van der Waals surface area contributed by atoms with Gasteiger partial charge in [-0.05, 0) is 26.2 Å². The third kappa shape index (κ3) is 1.62. The smallest absolute Gasteiger partial charge is 0.0963 e. The second-order valence-electron chi connectivity index (χ2n) is 3.98. The lowest BCUT2D eigenvalue weighted by Crippen LogP contribution is -2.58. The molecule has 1 aliphatic heterocycles. The summed E-state index contributed by atoms with van der Waals surface area (Å²) < 4.78 is 11.8. The van der Waals surface area contributed by atoms with Gasteiger partial charge in [0.2, 0.25) is 0 Å². The molecule has 1 unspecified atom stereocenters. The zero-order valence-corrected chi connectivity index (χ0v) is 9.35. The zero-order chi connectivity index (χ0) is 9.95. The van der Waals surface area contributed by atoms with Gasteiger partial charge in [0.1, 0.15) is 0 Å². The third-order valence-corrected chi connectivity index (χ3v) is 3.66. The monoisotopic (exact) mass is 186 g/mol. The van der Waals surface area contributed by atoms with Crippen molar-refractivity contribution >= 4 is 0 Å². The molecule has 0 radical (unpaired) electrons. The highest BCUT2D eigenvalue weighted by Gasteiger charge is 2.48. The van der Waals surface area contributed by atoms with Crippen molar-refractivity contribution in [1.29, 1.82) is 0 Å². The molecule has 1 atom stereocenters. The van der Waals surface area contributed by atoms with Crippen molar-refractivity contribution < 1.29 is 9.47 Å². The normalized spacial score (nSPS) is 33.2. The summed E-state index contributed by atoms with van der Waals surface area (Å²) in [4.78, 5) is 0. The molecule has 1 aliphatic rings. The summed E-state index contributed by atoms with van der Waals surface area (Å²) in [6, 6.07) is 0. The van der Waals surface area contributed by atoms with Crippen LogP contribution in [-0.2, 0) is 9.47 Å². The van der Waals surface area contributed by atoms with Gasteiger partial charge in [-0.3, -0.25) is 0 Å². The molecule has 0 saturated carbocycles. The van der Waals surface area contributed by atoms with Crippen molar-refractivity contribution in [2.45, 2.75) is 58.2 Å². The Kier molecular flexibility index (Phi) is 3.36. The van der Waals surface area contributed by atoms with Crippen LogP contribution < -0.4 is 0 Å². The molecule has 0 N–H and O–H groups in total. The lowest BCUT2D eigenvalue weighted by molar-refractivity contribution is -0.257. The van der Waals surface area contributed by atoms with E-state index in [1.54, 1.807) is 0 Å². The average Bonchev–Trinajstić information content (AvgIpc) is 2.19. The van der Waals surface area contributed by atoms with Crippen LogP contribution in [0.2, 0.25) is 0 Å². The maximum Gasteiger partial charge on any atom is 0.0963 e. The largest absolute Gasteiger partial charge is 0.370 e. The van der Waals surface area contributed by atoms with Crippen molar-refractivity contribution in [3.05, 3.63) is 0 Å². The molecule has 1 rings (SSSR count). The fourth-order valence-electron chi connectivity index (χ4n) is 2.41. The predicted molar refractivity (Wildman–Crippen MR) is 53.9 cm³/mol. The molecule has 1 heterocycles. The van der Waals surface area contributed by atoms with E-state index >= 15 is 0 Å². The first-order valence-electron chi connectivity index (χ1n) is 5.42. The molecule has 0 amide bonds. The molecule has 1 fully saturated rings. The van der Waals surface area contributed by atoms with Crippen LogP contribution in [0.1, 0.15) is 47.0 Å². The Hall–Kier alpha value is -0.0800. The van der Waals surface area contributed by atoms with Crippen LogP contribution >= 0.6 is 0 Å². The highest BCUT2D eigenvalue weighted by atomic mass is 16.6. The van der Waals surface area contributed by atoms with Crippen molar-refractivity contribution in [1.82, 2.24) is 0 Å². The van der Waals surface area contributed by atoms with Crippen molar-refractivity contribution in [3.63, 3.8) is 0 Å². The number of ether oxygens (including phenoxy) is 2. The summed E-state index contributed by atoms with van der Waals surface area (Å²) in [5.41, 5.74) is -0.144. The van der Waals surface area contributed by atoms with Crippen LogP contribution in [0, 0.1) is 0 Å². The van der Waals surface area contributed by atoms with Crippen LogP contribution in [0.3, 0.4) is 0 Å². The molecule has 0 aromatic carbocycles. The van der Waals surface area contributed by atoms with Crippen LogP contribution in [-0.4, -0.2) is 24.4 Å². The fourth-order valence-corrected chi connectivity index (χ4v) is 2.41. The standard InChI is InChI=1S/C11H22O2/c1-5-10(4)11(6-2,7-3)13-9-8-12-10/h5-9H2,1-4H3. The van der Waals surface area contributed by atoms with E-state index in [9.17, 15) is 0 Å². The van der Waals surface area contributed by atoms with Crippen LogP contribution in [0.5, 0.6) is 0 Å². The fraction of sp³-hybridized carbons (Fsp3) is 1.00. The zero-order valence-electron chi connectivity index (χ0n) is 9.35. The maximum atomic E-state index is 5.95. The second-order valence-corrected chi connectivity index (χ2v) is 3.98. The first-order chi connectivity index (χ1) is 6.14. The van der Waals surface area contributed by atoms with Gasteiger partial charge in [-0.25, -0.2) is 0 Å². The quantitative estimate of drug-likeness (QED) is 0.674. The van der Waals surface area contributed by atoms with E-state index in [-0.39, 0.29) is 11.2 Å². The van der Waals surface area contributed by atoms with E-state index in [0.29, 0.717) is 0 Å². The van der Waals surface area contributed by atoms with E-state index < -0.39 is 0 Å². The molecule has 13 heavy (non-hydrogen) atoms. The third-order valence-electron chi connectivity index (χ3n) is 3.66. The Morgan fingerprint density at radius 3 is 1.85 bits per heavy atom. The molecule has 2 nitrogen and oxygen atoms in total. The summed E-state index contributed by atoms with van der Waals surface area (Å²) in [6.07, 6.45) is 3.09. The average molecular weight is 186 g/mol. The minimum Gasteiger partial charge on any atom is -0.370 e. The van der Waals surface area contributed by atoms with Gasteiger partial charge in [0, 0.05) is 0 Å². The SMILES string of the molecule is CCC1(C)OCCOC1(CC)CC. The molecule has 0 spiro atoms. The van der Waals surface area contributed by atoms with Gasteiger partial charge in [-0.1, -0.05) is 20.8 Å². The van der Waals surface area contributed by atoms with Gasteiger partial charge in [0.15, 0.2) is 0 Å². The van der Waals surface area contributed by atoms with E-state index in [2.05, 4.69) is 27.7 Å². The molecule has 2 heteroatoms. The molecular formula is C11H22O2. The molecule has 0 aliphatic carbocycles. The minimum atomic E-state index is -0.0885. The highest BCUT2D eigenvalue weighted by molar-refractivity contribution is 4.99. The van der Waals surface area contributed by atoms with Gasteiger partial charge >= 0.3 is 0 Å². The van der Waals surface area contributed by atoms with Crippen LogP contribution in [0.25, 0.3) is 0 Å². The van der Waals surface area contributed by atoms with E-state index in [1.807, 2.05) is 0 Å². The molecular weight excluding hydrogens is 164 g/mol. The van der Waals surface area contributed by atoms with E-state index in [0.717, 1.165) is 32.5 Å². The second kappa shape index (κ2) is 3.97. The first-order valence-corrected chi connectivity index (χ1v) is 5.42. The highest BCUT2D eigenvalue weighted by Crippen LogP contribution is 2.40. The van der Waals surface area contributed by atoms with Crippen LogP contribution in [0.4, 0.5) is 0 Å². The lowest BCUT2D eigenvalue weighted by atomic mass is 9.77. The van der Waals surface area contributed by atoms with E-state index in [4.69, 9.17) is 9.47 Å². The van der Waals surface area contributed by atoms with Gasteiger partial charge in [-0.2, -0.15) is 0 Å². The summed E-state index contributed by atoms with van der Waals surface area (Å²) in [5.74, 6) is 0. The maximum absolute atomic E-state index is 5.95. The predicted octanol–water partition coefficient (Wildman–Crippen LogP) is 2.76. The van der Waals surface area contributed by atoms with Gasteiger partial charge in [-0.15, -0.1) is 0 Å². The molecule has 1 saturated heterocycles. The number of rotatable bonds is 3. The molecule has 0 aromatic rings. The summed E-state index contributed by atoms with van der Waals surface area (Å²) in [5, 5.41) is 0. The Labute approximate surface area is 81.6 Å². The Bertz CT molecular complexity index is 163. The topological polar surface area (TPSA) is 18.5 Å². The summed E-state index contributed by atoms with van der Waals surface area (Å²) in [7, 11) is 0. The van der Waals surface area contributed by atoms with Crippen molar-refractivity contribution in [3.8, 4) is 0 Å². The Morgan fingerprint density at radius 1 is 0.923 bits per heavy atom. The number of hydrogen-bond acceptors (Lipinski definition) is 2. The van der Waals surface area contributed by atoms with Gasteiger partial charge < -0.3 is 9.47 Å². The molecule has 0 aromatic heterocycles. The van der Waals surface area contributed by atoms with Gasteiger partial charge in [0.25, 0.3) is 0 Å².